The highest BCUT2D eigenvalue weighted by Crippen LogP contribution is 1.94. The first-order chi connectivity index (χ1) is 8.90. The van der Waals surface area contributed by atoms with Gasteiger partial charge < -0.3 is 16.0 Å². The highest BCUT2D eigenvalue weighted by Gasteiger charge is 2.15. The Morgan fingerprint density at radius 2 is 1.89 bits per heavy atom. The van der Waals surface area contributed by atoms with Crippen LogP contribution in [0.25, 0.3) is 0 Å². The normalized spacial score (nSPS) is 10.3. The lowest BCUT2D eigenvalue weighted by Crippen LogP contribution is -2.43. The van der Waals surface area contributed by atoms with Crippen molar-refractivity contribution in [3.05, 3.63) is 0 Å². The van der Waals surface area contributed by atoms with Crippen LogP contribution in [0.2, 0.25) is 0 Å². The molecule has 0 aliphatic carbocycles. The smallest absolute Gasteiger partial charge is 0.236 e. The SMILES string of the molecule is CCNC(=O)CN(CC)CC(=O)N(C)CCC(N)=S. The number of hydrogen-bond acceptors (Lipinski definition) is 4. The molecule has 0 saturated carbocycles. The van der Waals surface area contributed by atoms with Gasteiger partial charge in [-0.05, 0) is 13.5 Å². The lowest BCUT2D eigenvalue weighted by molar-refractivity contribution is -0.131. The Morgan fingerprint density at radius 3 is 2.37 bits per heavy atom. The second-order valence-electron chi connectivity index (χ2n) is 4.29. The van der Waals surface area contributed by atoms with Crippen molar-refractivity contribution in [1.29, 1.82) is 0 Å². The van der Waals surface area contributed by atoms with Gasteiger partial charge in [-0.3, -0.25) is 14.5 Å². The second kappa shape index (κ2) is 9.69. The molecule has 3 N–H and O–H groups in total. The zero-order valence-corrected chi connectivity index (χ0v) is 12.8. The van der Waals surface area contributed by atoms with Crippen LogP contribution in [-0.2, 0) is 9.59 Å². The summed E-state index contributed by atoms with van der Waals surface area (Å²) in [6.45, 7) is 5.99. The number of hydrogen-bond donors (Lipinski definition) is 2. The van der Waals surface area contributed by atoms with Crippen LogP contribution in [0.3, 0.4) is 0 Å². The van der Waals surface area contributed by atoms with Crippen LogP contribution in [0, 0.1) is 0 Å². The van der Waals surface area contributed by atoms with Gasteiger partial charge in [-0.25, -0.2) is 0 Å². The van der Waals surface area contributed by atoms with E-state index in [2.05, 4.69) is 5.32 Å². The summed E-state index contributed by atoms with van der Waals surface area (Å²) in [7, 11) is 1.71. The third kappa shape index (κ3) is 8.50. The highest BCUT2D eigenvalue weighted by atomic mass is 32.1. The van der Waals surface area contributed by atoms with Gasteiger partial charge >= 0.3 is 0 Å². The number of nitrogens with one attached hydrogen (secondary N) is 1. The number of likely N-dealkylation sites (N-methyl/N-ethyl adjacent to an activating group) is 3. The van der Waals surface area contributed by atoms with E-state index < -0.39 is 0 Å². The van der Waals surface area contributed by atoms with Crippen molar-refractivity contribution in [3.8, 4) is 0 Å². The predicted molar refractivity (Wildman–Crippen MR) is 79.8 cm³/mol. The summed E-state index contributed by atoms with van der Waals surface area (Å²) in [5, 5.41) is 2.71. The second-order valence-corrected chi connectivity index (χ2v) is 4.81. The molecule has 6 nitrogen and oxygen atoms in total. The molecule has 0 rings (SSSR count). The van der Waals surface area contributed by atoms with Crippen LogP contribution in [0.1, 0.15) is 20.3 Å². The van der Waals surface area contributed by atoms with Crippen LogP contribution >= 0.6 is 12.2 Å². The maximum atomic E-state index is 11.9. The van der Waals surface area contributed by atoms with Gasteiger partial charge in [-0.15, -0.1) is 0 Å². The molecule has 2 amide bonds. The van der Waals surface area contributed by atoms with E-state index in [4.69, 9.17) is 18.0 Å². The Balaban J connectivity index is 4.18. The number of thiocarbonyl (C=S) groups is 1. The van der Waals surface area contributed by atoms with E-state index in [1.54, 1.807) is 16.8 Å². The third-order valence-corrected chi connectivity index (χ3v) is 2.87. The summed E-state index contributed by atoms with van der Waals surface area (Å²) < 4.78 is 0. The number of nitrogens with two attached hydrogens (primary N) is 1. The molecule has 0 aromatic rings. The zero-order valence-electron chi connectivity index (χ0n) is 11.9. The van der Waals surface area contributed by atoms with Crippen molar-refractivity contribution in [2.75, 3.05) is 39.8 Å². The summed E-state index contributed by atoms with van der Waals surface area (Å²) in [5.41, 5.74) is 5.40. The topological polar surface area (TPSA) is 78.7 Å². The molecule has 0 radical (unpaired) electrons. The van der Waals surface area contributed by atoms with E-state index in [9.17, 15) is 9.59 Å². The minimum atomic E-state index is -0.0667. The molecule has 0 fully saturated rings. The van der Waals surface area contributed by atoms with Crippen LogP contribution in [-0.4, -0.2) is 66.4 Å². The van der Waals surface area contributed by atoms with Gasteiger partial charge in [0.1, 0.15) is 0 Å². The van der Waals surface area contributed by atoms with Crippen LogP contribution in [0.15, 0.2) is 0 Å². The Bertz CT molecular complexity index is 323. The van der Waals surface area contributed by atoms with Crippen molar-refractivity contribution < 1.29 is 9.59 Å². The van der Waals surface area contributed by atoms with Crippen LogP contribution < -0.4 is 11.1 Å². The Kier molecular flexibility index (Phi) is 9.07. The molecule has 0 atom stereocenters. The molecule has 110 valence electrons. The first-order valence-electron chi connectivity index (χ1n) is 6.42. The average molecular weight is 288 g/mol. The fraction of sp³-hybridized carbons (Fsp3) is 0.750. The number of carbonyl (C=O) groups is 2. The van der Waals surface area contributed by atoms with Crippen LogP contribution in [0.4, 0.5) is 0 Å². The molecule has 0 unspecified atom stereocenters. The van der Waals surface area contributed by atoms with E-state index in [0.717, 1.165) is 0 Å². The predicted octanol–water partition coefficient (Wildman–Crippen LogP) is -0.421. The molecule has 7 heteroatoms. The number of amides is 2. The maximum Gasteiger partial charge on any atom is 0.236 e. The van der Waals surface area contributed by atoms with E-state index in [1.807, 2.05) is 13.8 Å². The van der Waals surface area contributed by atoms with E-state index in [-0.39, 0.29) is 24.9 Å². The Hall–Kier alpha value is -1.21. The average Bonchev–Trinajstić information content (AvgIpc) is 2.34. The van der Waals surface area contributed by atoms with Gasteiger partial charge in [0.05, 0.1) is 18.1 Å². The van der Waals surface area contributed by atoms with E-state index in [0.29, 0.717) is 31.0 Å². The largest absolute Gasteiger partial charge is 0.393 e. The Morgan fingerprint density at radius 1 is 1.26 bits per heavy atom. The van der Waals surface area contributed by atoms with Gasteiger partial charge in [0.15, 0.2) is 0 Å². The molecular formula is C12H24N4O2S. The summed E-state index contributed by atoms with van der Waals surface area (Å²) >= 11 is 4.77. The van der Waals surface area contributed by atoms with Crippen molar-refractivity contribution in [3.63, 3.8) is 0 Å². The summed E-state index contributed by atoms with van der Waals surface area (Å²) in [4.78, 5) is 27.2. The molecule has 0 bridgehead atoms. The number of nitrogens with zero attached hydrogens (tertiary/aromatic N) is 2. The molecule has 19 heavy (non-hydrogen) atoms. The molecule has 0 saturated heterocycles. The van der Waals surface area contributed by atoms with Crippen molar-refractivity contribution >= 4 is 29.0 Å². The Labute approximate surface area is 120 Å². The third-order valence-electron chi connectivity index (χ3n) is 2.67. The van der Waals surface area contributed by atoms with Gasteiger partial charge in [-0.2, -0.15) is 0 Å². The first kappa shape index (κ1) is 17.8. The lowest BCUT2D eigenvalue weighted by atomic mass is 10.3. The van der Waals surface area contributed by atoms with E-state index in [1.165, 1.54) is 0 Å². The van der Waals surface area contributed by atoms with Gasteiger partial charge in [0.2, 0.25) is 11.8 Å². The quantitative estimate of drug-likeness (QED) is 0.563. The molecule has 0 heterocycles. The minimum absolute atomic E-state index is 0.0394. The molecule has 0 aromatic carbocycles. The lowest BCUT2D eigenvalue weighted by Gasteiger charge is -2.23. The summed E-state index contributed by atoms with van der Waals surface area (Å²) in [5.74, 6) is -0.106. The standard InChI is InChI=1S/C12H24N4O2S/c1-4-14-11(17)8-16(5-2)9-12(18)15(3)7-6-10(13)19/h4-9H2,1-3H3,(H2,13,19)(H,14,17). The molecular weight excluding hydrogens is 264 g/mol. The summed E-state index contributed by atoms with van der Waals surface area (Å²) in [6.07, 6.45) is 0.514. The maximum absolute atomic E-state index is 11.9. The number of rotatable bonds is 9. The van der Waals surface area contributed by atoms with Crippen molar-refractivity contribution in [2.24, 2.45) is 5.73 Å². The number of carbonyl (C=O) groups excluding carboxylic acids is 2. The fourth-order valence-corrected chi connectivity index (χ4v) is 1.54. The van der Waals surface area contributed by atoms with Gasteiger partial charge in [-0.1, -0.05) is 19.1 Å². The highest BCUT2D eigenvalue weighted by molar-refractivity contribution is 7.80. The van der Waals surface area contributed by atoms with Crippen LogP contribution in [0.5, 0.6) is 0 Å². The van der Waals surface area contributed by atoms with Crippen molar-refractivity contribution in [2.45, 2.75) is 20.3 Å². The van der Waals surface area contributed by atoms with E-state index >= 15 is 0 Å². The molecule has 0 spiro atoms. The summed E-state index contributed by atoms with van der Waals surface area (Å²) in [6, 6.07) is 0. The zero-order chi connectivity index (χ0) is 14.8. The van der Waals surface area contributed by atoms with Gasteiger partial charge in [0, 0.05) is 26.6 Å². The fourth-order valence-electron chi connectivity index (χ4n) is 1.45. The van der Waals surface area contributed by atoms with Gasteiger partial charge in [0.25, 0.3) is 0 Å². The molecule has 0 aromatic heterocycles. The monoisotopic (exact) mass is 288 g/mol. The molecule has 0 aliphatic heterocycles. The van der Waals surface area contributed by atoms with Crippen molar-refractivity contribution in [1.82, 2.24) is 15.1 Å². The molecule has 0 aliphatic rings. The minimum Gasteiger partial charge on any atom is -0.393 e. The first-order valence-corrected chi connectivity index (χ1v) is 6.82.